The smallest absolute Gasteiger partial charge is 0.126 e. The standard InChI is InChI=1S/C15H18FNOS/c1-11-9-13(4-6-15(11)16)18-8-7-17-10-14-5-3-12(2)19-14/h3-6,9,17H,7-8,10H2,1-2H3. The molecule has 1 aromatic carbocycles. The summed E-state index contributed by atoms with van der Waals surface area (Å²) >= 11 is 1.80. The Morgan fingerprint density at radius 1 is 1.21 bits per heavy atom. The van der Waals surface area contributed by atoms with Gasteiger partial charge in [0.1, 0.15) is 18.2 Å². The van der Waals surface area contributed by atoms with E-state index in [4.69, 9.17) is 4.74 Å². The number of rotatable bonds is 6. The van der Waals surface area contributed by atoms with Crippen LogP contribution in [0.1, 0.15) is 15.3 Å². The lowest BCUT2D eigenvalue weighted by atomic mass is 10.2. The number of ether oxygens (including phenoxy) is 1. The van der Waals surface area contributed by atoms with Crippen molar-refractivity contribution in [2.75, 3.05) is 13.2 Å². The molecule has 2 aromatic rings. The largest absolute Gasteiger partial charge is 0.492 e. The molecule has 4 heteroatoms. The second-order valence-corrected chi connectivity index (χ2v) is 5.82. The van der Waals surface area contributed by atoms with Gasteiger partial charge in [0.15, 0.2) is 0 Å². The minimum Gasteiger partial charge on any atom is -0.492 e. The quantitative estimate of drug-likeness (QED) is 0.815. The van der Waals surface area contributed by atoms with E-state index in [1.165, 1.54) is 15.8 Å². The van der Waals surface area contributed by atoms with Gasteiger partial charge in [-0.1, -0.05) is 0 Å². The molecular formula is C15H18FNOS. The molecule has 19 heavy (non-hydrogen) atoms. The number of thiophene rings is 1. The fraction of sp³-hybridized carbons (Fsp3) is 0.333. The first kappa shape index (κ1) is 14.0. The highest BCUT2D eigenvalue weighted by Gasteiger charge is 2.00. The van der Waals surface area contributed by atoms with Gasteiger partial charge in [0.2, 0.25) is 0 Å². The van der Waals surface area contributed by atoms with Crippen molar-refractivity contribution in [3.05, 3.63) is 51.5 Å². The molecule has 1 heterocycles. The van der Waals surface area contributed by atoms with E-state index in [1.807, 2.05) is 0 Å². The lowest BCUT2D eigenvalue weighted by molar-refractivity contribution is 0.313. The molecule has 0 saturated carbocycles. The third-order valence-corrected chi connectivity index (χ3v) is 3.77. The Bertz CT molecular complexity index is 539. The van der Waals surface area contributed by atoms with E-state index in [0.717, 1.165) is 13.1 Å². The van der Waals surface area contributed by atoms with Crippen LogP contribution in [0.4, 0.5) is 4.39 Å². The van der Waals surface area contributed by atoms with Crippen LogP contribution in [-0.2, 0) is 6.54 Å². The third-order valence-electron chi connectivity index (χ3n) is 2.77. The number of hydrogen-bond donors (Lipinski definition) is 1. The van der Waals surface area contributed by atoms with Crippen LogP contribution < -0.4 is 10.1 Å². The molecule has 0 fully saturated rings. The minimum atomic E-state index is -0.196. The van der Waals surface area contributed by atoms with Crippen LogP contribution in [0.15, 0.2) is 30.3 Å². The monoisotopic (exact) mass is 279 g/mol. The van der Waals surface area contributed by atoms with E-state index in [-0.39, 0.29) is 5.82 Å². The number of benzene rings is 1. The SMILES string of the molecule is Cc1ccc(CNCCOc2ccc(F)c(C)c2)s1. The number of nitrogens with one attached hydrogen (secondary N) is 1. The highest BCUT2D eigenvalue weighted by atomic mass is 32.1. The number of halogens is 1. The normalized spacial score (nSPS) is 10.7. The van der Waals surface area contributed by atoms with Crippen LogP contribution in [0.2, 0.25) is 0 Å². The van der Waals surface area contributed by atoms with Crippen LogP contribution in [-0.4, -0.2) is 13.2 Å². The van der Waals surface area contributed by atoms with E-state index in [9.17, 15) is 4.39 Å². The van der Waals surface area contributed by atoms with Crippen molar-refractivity contribution in [2.45, 2.75) is 20.4 Å². The van der Waals surface area contributed by atoms with Crippen molar-refractivity contribution in [3.63, 3.8) is 0 Å². The van der Waals surface area contributed by atoms with Crippen LogP contribution in [0.3, 0.4) is 0 Å². The van der Waals surface area contributed by atoms with Crippen molar-refractivity contribution in [2.24, 2.45) is 0 Å². The van der Waals surface area contributed by atoms with E-state index in [0.29, 0.717) is 17.9 Å². The Labute approximate surface area is 117 Å². The number of aryl methyl sites for hydroxylation is 2. The van der Waals surface area contributed by atoms with Gasteiger partial charge in [-0.15, -0.1) is 11.3 Å². The molecule has 0 radical (unpaired) electrons. The summed E-state index contributed by atoms with van der Waals surface area (Å²) in [4.78, 5) is 2.66. The molecule has 1 aromatic heterocycles. The second-order valence-electron chi connectivity index (χ2n) is 4.45. The Balaban J connectivity index is 1.67. The van der Waals surface area contributed by atoms with Gasteiger partial charge >= 0.3 is 0 Å². The first-order valence-electron chi connectivity index (χ1n) is 6.30. The summed E-state index contributed by atoms with van der Waals surface area (Å²) in [5, 5.41) is 3.32. The average Bonchev–Trinajstić information content (AvgIpc) is 2.79. The molecule has 0 unspecified atom stereocenters. The maximum Gasteiger partial charge on any atom is 0.126 e. The van der Waals surface area contributed by atoms with E-state index >= 15 is 0 Å². The average molecular weight is 279 g/mol. The van der Waals surface area contributed by atoms with Gasteiger partial charge < -0.3 is 10.1 Å². The summed E-state index contributed by atoms with van der Waals surface area (Å²) < 4.78 is 18.6. The van der Waals surface area contributed by atoms with Gasteiger partial charge in [0, 0.05) is 22.8 Å². The molecule has 2 rings (SSSR count). The van der Waals surface area contributed by atoms with E-state index in [1.54, 1.807) is 30.4 Å². The molecule has 102 valence electrons. The maximum atomic E-state index is 13.1. The number of hydrogen-bond acceptors (Lipinski definition) is 3. The van der Waals surface area contributed by atoms with Crippen LogP contribution >= 0.6 is 11.3 Å². The zero-order chi connectivity index (χ0) is 13.7. The molecule has 1 N–H and O–H groups in total. The zero-order valence-corrected chi connectivity index (χ0v) is 12.0. The molecule has 0 aliphatic heterocycles. The van der Waals surface area contributed by atoms with Gasteiger partial charge in [-0.2, -0.15) is 0 Å². The van der Waals surface area contributed by atoms with Crippen LogP contribution in [0.5, 0.6) is 5.75 Å². The first-order chi connectivity index (χ1) is 9.15. The topological polar surface area (TPSA) is 21.3 Å². The fourth-order valence-electron chi connectivity index (χ4n) is 1.74. The molecule has 0 bridgehead atoms. The third kappa shape index (κ3) is 4.33. The van der Waals surface area contributed by atoms with Crippen molar-refractivity contribution in [1.29, 1.82) is 0 Å². The maximum absolute atomic E-state index is 13.1. The van der Waals surface area contributed by atoms with E-state index < -0.39 is 0 Å². The summed E-state index contributed by atoms with van der Waals surface area (Å²) in [5.41, 5.74) is 0.611. The Morgan fingerprint density at radius 2 is 2.05 bits per heavy atom. The Kier molecular flexibility index (Phi) is 4.93. The van der Waals surface area contributed by atoms with Crippen molar-refractivity contribution in [1.82, 2.24) is 5.32 Å². The summed E-state index contributed by atoms with van der Waals surface area (Å²) in [7, 11) is 0. The van der Waals surface area contributed by atoms with Gasteiger partial charge in [-0.3, -0.25) is 0 Å². The van der Waals surface area contributed by atoms with Gasteiger partial charge in [-0.05, 0) is 49.7 Å². The molecule has 0 aliphatic carbocycles. The Morgan fingerprint density at radius 3 is 2.74 bits per heavy atom. The van der Waals surface area contributed by atoms with Gasteiger partial charge in [-0.25, -0.2) is 4.39 Å². The second kappa shape index (κ2) is 6.68. The fourth-order valence-corrected chi connectivity index (χ4v) is 2.60. The molecule has 2 nitrogen and oxygen atoms in total. The lowest BCUT2D eigenvalue weighted by Gasteiger charge is -2.08. The molecule has 0 aliphatic rings. The van der Waals surface area contributed by atoms with Crippen LogP contribution in [0, 0.1) is 19.7 Å². The Hall–Kier alpha value is -1.39. The lowest BCUT2D eigenvalue weighted by Crippen LogP contribution is -2.20. The van der Waals surface area contributed by atoms with Crippen LogP contribution in [0.25, 0.3) is 0 Å². The highest BCUT2D eigenvalue weighted by Crippen LogP contribution is 2.16. The minimum absolute atomic E-state index is 0.196. The highest BCUT2D eigenvalue weighted by molar-refractivity contribution is 7.11. The zero-order valence-electron chi connectivity index (χ0n) is 11.2. The molecule has 0 saturated heterocycles. The predicted octanol–water partition coefficient (Wildman–Crippen LogP) is 3.67. The summed E-state index contributed by atoms with van der Waals surface area (Å²) in [6, 6.07) is 9.08. The predicted molar refractivity (Wildman–Crippen MR) is 77.4 cm³/mol. The van der Waals surface area contributed by atoms with E-state index in [2.05, 4.69) is 24.4 Å². The van der Waals surface area contributed by atoms with Crippen molar-refractivity contribution >= 4 is 11.3 Å². The molecule has 0 atom stereocenters. The molecular weight excluding hydrogens is 261 g/mol. The van der Waals surface area contributed by atoms with Crippen molar-refractivity contribution in [3.8, 4) is 5.75 Å². The summed E-state index contributed by atoms with van der Waals surface area (Å²) in [6.07, 6.45) is 0. The first-order valence-corrected chi connectivity index (χ1v) is 7.12. The summed E-state index contributed by atoms with van der Waals surface area (Å²) in [6.45, 7) is 6.06. The molecule has 0 spiro atoms. The molecule has 0 amide bonds. The van der Waals surface area contributed by atoms with Crippen molar-refractivity contribution < 1.29 is 9.13 Å². The van der Waals surface area contributed by atoms with Gasteiger partial charge in [0.25, 0.3) is 0 Å². The van der Waals surface area contributed by atoms with Gasteiger partial charge in [0.05, 0.1) is 0 Å². The summed E-state index contributed by atoms with van der Waals surface area (Å²) in [5.74, 6) is 0.520.